The number of amides is 1. The van der Waals surface area contributed by atoms with Crippen LogP contribution in [0.5, 0.6) is 0 Å². The number of nitrogens with zero attached hydrogens (tertiary/aromatic N) is 2. The Morgan fingerprint density at radius 3 is 2.86 bits per heavy atom. The van der Waals surface area contributed by atoms with Crippen LogP contribution in [0.25, 0.3) is 0 Å². The summed E-state index contributed by atoms with van der Waals surface area (Å²) in [7, 11) is 3.45. The lowest BCUT2D eigenvalue weighted by Crippen LogP contribution is -2.35. The van der Waals surface area contributed by atoms with Crippen LogP contribution < -0.4 is 10.6 Å². The molecular formula is C14H16ClFN4O. The summed E-state index contributed by atoms with van der Waals surface area (Å²) in [4.78, 5) is 12.2. The Balaban J connectivity index is 2.07. The number of halogens is 2. The Hall–Kier alpha value is -1.92. The third-order valence-corrected chi connectivity index (χ3v) is 3.46. The topological polar surface area (TPSA) is 59.0 Å². The Morgan fingerprint density at radius 2 is 2.29 bits per heavy atom. The molecule has 0 bridgehead atoms. The van der Waals surface area contributed by atoms with Gasteiger partial charge in [-0.05, 0) is 19.2 Å². The van der Waals surface area contributed by atoms with Gasteiger partial charge in [0.15, 0.2) is 0 Å². The van der Waals surface area contributed by atoms with Crippen molar-refractivity contribution in [3.8, 4) is 0 Å². The summed E-state index contributed by atoms with van der Waals surface area (Å²) < 4.78 is 15.3. The van der Waals surface area contributed by atoms with E-state index < -0.39 is 11.9 Å². The Kier molecular flexibility index (Phi) is 4.93. The molecule has 2 N–H and O–H groups in total. The molecule has 0 aliphatic carbocycles. The first kappa shape index (κ1) is 15.5. The van der Waals surface area contributed by atoms with E-state index in [1.807, 2.05) is 0 Å². The van der Waals surface area contributed by atoms with Crippen molar-refractivity contribution in [1.29, 1.82) is 0 Å². The molecule has 5 nitrogen and oxygen atoms in total. The Labute approximate surface area is 127 Å². The van der Waals surface area contributed by atoms with Crippen LogP contribution in [0.4, 0.5) is 4.39 Å². The van der Waals surface area contributed by atoms with Crippen LogP contribution in [-0.4, -0.2) is 22.7 Å². The van der Waals surface area contributed by atoms with Crippen LogP contribution in [0.3, 0.4) is 0 Å². The van der Waals surface area contributed by atoms with E-state index in [4.69, 9.17) is 11.6 Å². The normalized spacial score (nSPS) is 12.2. The third kappa shape index (κ3) is 3.59. The van der Waals surface area contributed by atoms with Gasteiger partial charge in [0.05, 0.1) is 6.20 Å². The summed E-state index contributed by atoms with van der Waals surface area (Å²) >= 11 is 5.93. The van der Waals surface area contributed by atoms with Crippen LogP contribution in [-0.2, 0) is 18.4 Å². The predicted octanol–water partition coefficient (Wildman–Crippen LogP) is 1.79. The van der Waals surface area contributed by atoms with Gasteiger partial charge < -0.3 is 10.6 Å². The van der Waals surface area contributed by atoms with Crippen LogP contribution in [0.1, 0.15) is 17.2 Å². The molecule has 2 rings (SSSR count). The lowest BCUT2D eigenvalue weighted by Gasteiger charge is -2.15. The van der Waals surface area contributed by atoms with E-state index in [0.29, 0.717) is 0 Å². The molecule has 1 heterocycles. The lowest BCUT2D eigenvalue weighted by molar-refractivity contribution is -0.123. The maximum Gasteiger partial charge on any atom is 0.242 e. The average Bonchev–Trinajstić information content (AvgIpc) is 2.85. The first-order valence-corrected chi connectivity index (χ1v) is 6.77. The molecule has 0 saturated heterocycles. The molecule has 0 aliphatic rings. The van der Waals surface area contributed by atoms with Crippen molar-refractivity contribution in [3.63, 3.8) is 0 Å². The average molecular weight is 311 g/mol. The Bertz CT molecular complexity index is 623. The molecular weight excluding hydrogens is 295 g/mol. The fourth-order valence-electron chi connectivity index (χ4n) is 2.02. The summed E-state index contributed by atoms with van der Waals surface area (Å²) in [6, 6.07) is 3.87. The highest BCUT2D eigenvalue weighted by molar-refractivity contribution is 6.31. The van der Waals surface area contributed by atoms with Gasteiger partial charge in [-0.2, -0.15) is 5.10 Å². The van der Waals surface area contributed by atoms with Gasteiger partial charge in [0, 0.05) is 35.9 Å². The minimum atomic E-state index is -0.552. The van der Waals surface area contributed by atoms with Crippen molar-refractivity contribution < 1.29 is 9.18 Å². The van der Waals surface area contributed by atoms with Crippen LogP contribution in [0, 0.1) is 5.82 Å². The van der Waals surface area contributed by atoms with Gasteiger partial charge in [-0.3, -0.25) is 9.48 Å². The summed E-state index contributed by atoms with van der Waals surface area (Å²) in [6.07, 6.45) is 3.35. The number of carbonyl (C=O) groups is 1. The maximum atomic E-state index is 13.6. The molecule has 0 radical (unpaired) electrons. The zero-order chi connectivity index (χ0) is 15.4. The largest absolute Gasteiger partial charge is 0.350 e. The third-order valence-electron chi connectivity index (χ3n) is 3.11. The van der Waals surface area contributed by atoms with E-state index in [1.54, 1.807) is 37.2 Å². The van der Waals surface area contributed by atoms with Crippen molar-refractivity contribution in [2.75, 3.05) is 7.05 Å². The fraction of sp³-hybridized carbons (Fsp3) is 0.286. The van der Waals surface area contributed by atoms with E-state index in [9.17, 15) is 9.18 Å². The molecule has 7 heteroatoms. The van der Waals surface area contributed by atoms with Crippen molar-refractivity contribution >= 4 is 17.5 Å². The predicted molar refractivity (Wildman–Crippen MR) is 78.3 cm³/mol. The van der Waals surface area contributed by atoms with Crippen molar-refractivity contribution in [3.05, 3.63) is 52.6 Å². The van der Waals surface area contributed by atoms with E-state index in [-0.39, 0.29) is 23.0 Å². The summed E-state index contributed by atoms with van der Waals surface area (Å²) in [5, 5.41) is 9.90. The smallest absolute Gasteiger partial charge is 0.242 e. The maximum absolute atomic E-state index is 13.6. The van der Waals surface area contributed by atoms with Gasteiger partial charge >= 0.3 is 0 Å². The number of aryl methyl sites for hydroxylation is 1. The zero-order valence-corrected chi connectivity index (χ0v) is 12.5. The highest BCUT2D eigenvalue weighted by Crippen LogP contribution is 2.19. The van der Waals surface area contributed by atoms with Gasteiger partial charge in [-0.25, -0.2) is 4.39 Å². The number of hydrogen-bond acceptors (Lipinski definition) is 3. The first-order valence-electron chi connectivity index (χ1n) is 6.39. The molecule has 1 amide bonds. The SMILES string of the molecule is CNC(C(=O)NCc1c(F)cccc1Cl)c1cnn(C)c1. The van der Waals surface area contributed by atoms with E-state index in [1.165, 1.54) is 12.1 Å². The number of likely N-dealkylation sites (N-methyl/N-ethyl adjacent to an activating group) is 1. The molecule has 1 aromatic heterocycles. The number of rotatable bonds is 5. The van der Waals surface area contributed by atoms with Gasteiger partial charge in [-0.1, -0.05) is 17.7 Å². The fourth-order valence-corrected chi connectivity index (χ4v) is 2.25. The van der Waals surface area contributed by atoms with Crippen LogP contribution in [0.15, 0.2) is 30.6 Å². The second-order valence-corrected chi connectivity index (χ2v) is 4.99. The van der Waals surface area contributed by atoms with Crippen LogP contribution in [0.2, 0.25) is 5.02 Å². The molecule has 2 aromatic rings. The van der Waals surface area contributed by atoms with E-state index >= 15 is 0 Å². The number of hydrogen-bond donors (Lipinski definition) is 2. The highest BCUT2D eigenvalue weighted by Gasteiger charge is 2.20. The minimum absolute atomic E-state index is 0.0305. The molecule has 1 aromatic carbocycles. The van der Waals surface area contributed by atoms with E-state index in [0.717, 1.165) is 5.56 Å². The van der Waals surface area contributed by atoms with Crippen molar-refractivity contribution in [1.82, 2.24) is 20.4 Å². The molecule has 21 heavy (non-hydrogen) atoms. The second kappa shape index (κ2) is 6.69. The van der Waals surface area contributed by atoms with Crippen molar-refractivity contribution in [2.45, 2.75) is 12.6 Å². The van der Waals surface area contributed by atoms with Gasteiger partial charge in [0.2, 0.25) is 5.91 Å². The van der Waals surface area contributed by atoms with Crippen LogP contribution >= 0.6 is 11.6 Å². The molecule has 1 unspecified atom stereocenters. The number of nitrogens with one attached hydrogen (secondary N) is 2. The molecule has 1 atom stereocenters. The quantitative estimate of drug-likeness (QED) is 0.885. The standard InChI is InChI=1S/C14H16ClFN4O/c1-17-13(9-6-19-20(2)8-9)14(21)18-7-10-11(15)4-3-5-12(10)16/h3-6,8,13,17H,7H2,1-2H3,(H,18,21). The van der Waals surface area contributed by atoms with E-state index in [2.05, 4.69) is 15.7 Å². The number of benzene rings is 1. The summed E-state index contributed by atoms with van der Waals surface area (Å²) in [5.41, 5.74) is 1.01. The number of aromatic nitrogens is 2. The van der Waals surface area contributed by atoms with Crippen molar-refractivity contribution in [2.24, 2.45) is 7.05 Å². The molecule has 112 valence electrons. The molecule has 0 aliphatic heterocycles. The summed E-state index contributed by atoms with van der Waals surface area (Å²) in [5.74, 6) is -0.713. The molecule has 0 fully saturated rings. The van der Waals surface area contributed by atoms with Gasteiger partial charge in [-0.15, -0.1) is 0 Å². The molecule has 0 spiro atoms. The van der Waals surface area contributed by atoms with Gasteiger partial charge in [0.1, 0.15) is 11.9 Å². The minimum Gasteiger partial charge on any atom is -0.350 e. The number of carbonyl (C=O) groups excluding carboxylic acids is 1. The van der Waals surface area contributed by atoms with Gasteiger partial charge in [0.25, 0.3) is 0 Å². The first-order chi connectivity index (χ1) is 10.0. The monoisotopic (exact) mass is 310 g/mol. The lowest BCUT2D eigenvalue weighted by atomic mass is 10.1. The molecule has 0 saturated carbocycles. The summed E-state index contributed by atoms with van der Waals surface area (Å²) in [6.45, 7) is 0.0305. The Morgan fingerprint density at radius 1 is 1.52 bits per heavy atom. The zero-order valence-electron chi connectivity index (χ0n) is 11.7. The highest BCUT2D eigenvalue weighted by atomic mass is 35.5. The second-order valence-electron chi connectivity index (χ2n) is 4.59.